The maximum absolute atomic E-state index is 14.8. The lowest BCUT2D eigenvalue weighted by Crippen LogP contribution is -2.54. The van der Waals surface area contributed by atoms with Crippen LogP contribution < -0.4 is 14.4 Å². The van der Waals surface area contributed by atoms with Crippen molar-refractivity contribution in [1.29, 1.82) is 0 Å². The summed E-state index contributed by atoms with van der Waals surface area (Å²) < 4.78 is 11.1. The highest BCUT2D eigenvalue weighted by atomic mass is 16.7. The Balaban J connectivity index is 1.50. The highest BCUT2D eigenvalue weighted by Crippen LogP contribution is 2.48. The van der Waals surface area contributed by atoms with Crippen molar-refractivity contribution in [1.82, 2.24) is 0 Å². The van der Waals surface area contributed by atoms with Gasteiger partial charge >= 0.3 is 0 Å². The first kappa shape index (κ1) is 25.1. The largest absolute Gasteiger partial charge is 0.454 e. The molecule has 0 saturated heterocycles. The molecule has 0 aromatic heterocycles. The van der Waals surface area contributed by atoms with Gasteiger partial charge in [-0.1, -0.05) is 105 Å². The predicted molar refractivity (Wildman–Crippen MR) is 162 cm³/mol. The average Bonchev–Trinajstić information content (AvgIpc) is 3.47. The summed E-state index contributed by atoms with van der Waals surface area (Å²) in [5.74, 6) is 1.36. The molecule has 5 nitrogen and oxygen atoms in total. The number of fused-ring (bicyclic) bond motifs is 3. The second-order valence-corrected chi connectivity index (χ2v) is 10.8. The van der Waals surface area contributed by atoms with Gasteiger partial charge in [0.1, 0.15) is 0 Å². The van der Waals surface area contributed by atoms with E-state index in [2.05, 4.69) is 13.8 Å². The van der Waals surface area contributed by atoms with Crippen molar-refractivity contribution in [3.8, 4) is 11.5 Å². The third kappa shape index (κ3) is 4.00. The molecule has 0 spiro atoms. The molecular weight excluding hydrogens is 510 g/mol. The van der Waals surface area contributed by atoms with E-state index in [0.29, 0.717) is 45.4 Å². The number of amides is 1. The summed E-state index contributed by atoms with van der Waals surface area (Å²) in [6, 6.07) is 34.9. The minimum Gasteiger partial charge on any atom is -0.454 e. The molecule has 2 aliphatic heterocycles. The topological polar surface area (TPSA) is 59.0 Å². The molecule has 0 radical (unpaired) electrons. The first-order chi connectivity index (χ1) is 19.9. The van der Waals surface area contributed by atoms with Gasteiger partial charge in [0.25, 0.3) is 5.91 Å². The van der Waals surface area contributed by atoms with Crippen LogP contribution in [0, 0.1) is 0 Å². The number of nitrogens with zero attached hydrogens (tertiary/aromatic N) is 1. The molecule has 1 unspecified atom stereocenters. The summed E-state index contributed by atoms with van der Waals surface area (Å²) in [6.45, 7) is 4.45. The van der Waals surface area contributed by atoms with Crippen LogP contribution in [0.1, 0.15) is 47.6 Å². The highest BCUT2D eigenvalue weighted by Gasteiger charge is 2.49. The zero-order valence-corrected chi connectivity index (χ0v) is 22.9. The zero-order chi connectivity index (χ0) is 28.1. The van der Waals surface area contributed by atoms with E-state index in [9.17, 15) is 9.90 Å². The quantitative estimate of drug-likeness (QED) is 0.241. The molecule has 41 heavy (non-hydrogen) atoms. The first-order valence-electron chi connectivity index (χ1n) is 13.8. The van der Waals surface area contributed by atoms with E-state index in [1.807, 2.05) is 115 Å². The van der Waals surface area contributed by atoms with Gasteiger partial charge in [-0.25, -0.2) is 0 Å². The smallest absolute Gasteiger partial charge is 0.261 e. The standard InChI is InChI=1S/C36H29NO4/c1-23(2)25-15-17-27(18-16-25)36(39)31-12-6-5-11-29(31)30(20-24-14-19-33-34(21-24)41-22-40-33)35(38)37(36)32-13-7-9-26-8-3-4-10-28(26)32/h3-21,23,39H,22H2,1-2H3/b30-20-. The number of hydrogen-bond acceptors (Lipinski definition) is 4. The molecule has 0 aliphatic carbocycles. The fraction of sp³-hybridized carbons (Fsp3) is 0.139. The predicted octanol–water partition coefficient (Wildman–Crippen LogP) is 7.47. The van der Waals surface area contributed by atoms with Gasteiger partial charge in [-0.05, 0) is 52.3 Å². The van der Waals surface area contributed by atoms with E-state index in [1.54, 1.807) is 4.90 Å². The maximum atomic E-state index is 14.8. The summed E-state index contributed by atoms with van der Waals surface area (Å²) in [7, 11) is 0. The van der Waals surface area contributed by atoms with Crippen LogP contribution >= 0.6 is 0 Å². The normalized spacial score (nSPS) is 18.8. The van der Waals surface area contributed by atoms with E-state index in [0.717, 1.165) is 21.9 Å². The van der Waals surface area contributed by atoms with Crippen LogP contribution in [0.25, 0.3) is 22.4 Å². The summed E-state index contributed by atoms with van der Waals surface area (Å²) in [4.78, 5) is 16.3. The van der Waals surface area contributed by atoms with Crippen LogP contribution in [-0.4, -0.2) is 17.8 Å². The number of benzene rings is 5. The molecule has 1 amide bonds. The second kappa shape index (κ2) is 9.65. The fourth-order valence-electron chi connectivity index (χ4n) is 5.91. The summed E-state index contributed by atoms with van der Waals surface area (Å²) in [5, 5.41) is 14.8. The number of ether oxygens (including phenoxy) is 2. The monoisotopic (exact) mass is 539 g/mol. The van der Waals surface area contributed by atoms with Gasteiger partial charge in [0, 0.05) is 22.1 Å². The van der Waals surface area contributed by atoms with Crippen LogP contribution in [0.15, 0.2) is 109 Å². The van der Waals surface area contributed by atoms with Gasteiger partial charge in [-0.15, -0.1) is 0 Å². The van der Waals surface area contributed by atoms with Crippen LogP contribution in [-0.2, 0) is 10.5 Å². The molecule has 0 saturated carbocycles. The van der Waals surface area contributed by atoms with Crippen LogP contribution in [0.5, 0.6) is 11.5 Å². The van der Waals surface area contributed by atoms with Crippen molar-refractivity contribution in [3.05, 3.63) is 137 Å². The zero-order valence-electron chi connectivity index (χ0n) is 22.9. The molecule has 7 rings (SSSR count). The molecule has 5 aromatic carbocycles. The number of anilines is 1. The van der Waals surface area contributed by atoms with E-state index < -0.39 is 5.72 Å². The Bertz CT molecular complexity index is 1830. The first-order valence-corrected chi connectivity index (χ1v) is 13.8. The lowest BCUT2D eigenvalue weighted by molar-refractivity contribution is -0.117. The van der Waals surface area contributed by atoms with Crippen LogP contribution in [0.4, 0.5) is 5.69 Å². The minimum atomic E-state index is -1.75. The number of aliphatic hydroxyl groups is 1. The SMILES string of the molecule is CC(C)c1ccc(C2(O)c3ccccc3/C(=C/c3ccc4c(c3)OCO4)C(=O)N2c2cccc3ccccc23)cc1. The molecule has 2 heterocycles. The number of carbonyl (C=O) groups is 1. The van der Waals surface area contributed by atoms with Gasteiger partial charge < -0.3 is 14.6 Å². The van der Waals surface area contributed by atoms with Gasteiger partial charge in [-0.3, -0.25) is 9.69 Å². The molecule has 1 atom stereocenters. The Morgan fingerprint density at radius 2 is 1.56 bits per heavy atom. The van der Waals surface area contributed by atoms with Gasteiger partial charge in [0.2, 0.25) is 6.79 Å². The van der Waals surface area contributed by atoms with Crippen molar-refractivity contribution < 1.29 is 19.4 Å². The van der Waals surface area contributed by atoms with Crippen molar-refractivity contribution in [2.75, 3.05) is 11.7 Å². The highest BCUT2D eigenvalue weighted by molar-refractivity contribution is 6.33. The maximum Gasteiger partial charge on any atom is 0.261 e. The Morgan fingerprint density at radius 3 is 2.39 bits per heavy atom. The van der Waals surface area contributed by atoms with E-state index in [1.165, 1.54) is 0 Å². The van der Waals surface area contributed by atoms with Crippen molar-refractivity contribution in [3.63, 3.8) is 0 Å². The van der Waals surface area contributed by atoms with E-state index in [4.69, 9.17) is 9.47 Å². The second-order valence-electron chi connectivity index (χ2n) is 10.8. The van der Waals surface area contributed by atoms with Crippen molar-refractivity contribution >= 4 is 34.0 Å². The Labute approximate surface area is 238 Å². The summed E-state index contributed by atoms with van der Waals surface area (Å²) >= 11 is 0. The fourth-order valence-corrected chi connectivity index (χ4v) is 5.91. The molecule has 0 fully saturated rings. The molecule has 5 heteroatoms. The Morgan fingerprint density at radius 1 is 0.829 bits per heavy atom. The molecule has 2 aliphatic rings. The molecule has 5 aromatic rings. The van der Waals surface area contributed by atoms with Crippen LogP contribution in [0.2, 0.25) is 0 Å². The number of rotatable bonds is 4. The summed E-state index contributed by atoms with van der Waals surface area (Å²) in [5.41, 5.74) is 3.27. The van der Waals surface area contributed by atoms with Crippen molar-refractivity contribution in [2.24, 2.45) is 0 Å². The third-order valence-corrected chi connectivity index (χ3v) is 8.04. The Kier molecular flexibility index (Phi) is 5.91. The van der Waals surface area contributed by atoms with E-state index >= 15 is 0 Å². The van der Waals surface area contributed by atoms with Gasteiger partial charge in [-0.2, -0.15) is 0 Å². The minimum absolute atomic E-state index is 0.175. The lowest BCUT2D eigenvalue weighted by atomic mass is 9.80. The number of carbonyl (C=O) groups excluding carboxylic acids is 1. The molecule has 202 valence electrons. The lowest BCUT2D eigenvalue weighted by Gasteiger charge is -2.45. The molecule has 0 bridgehead atoms. The van der Waals surface area contributed by atoms with Crippen LogP contribution in [0.3, 0.4) is 0 Å². The third-order valence-electron chi connectivity index (χ3n) is 8.04. The molecule has 1 N–H and O–H groups in total. The van der Waals surface area contributed by atoms with Crippen molar-refractivity contribution in [2.45, 2.75) is 25.5 Å². The average molecular weight is 540 g/mol. The summed E-state index contributed by atoms with van der Waals surface area (Å²) in [6.07, 6.45) is 1.86. The molecular formula is C36H29NO4. The Hall–Kier alpha value is -4.87. The van der Waals surface area contributed by atoms with Gasteiger partial charge in [0.15, 0.2) is 17.2 Å². The van der Waals surface area contributed by atoms with Gasteiger partial charge in [0.05, 0.1) is 5.69 Å². The number of hydrogen-bond donors (Lipinski definition) is 1. The van der Waals surface area contributed by atoms with E-state index in [-0.39, 0.29) is 12.7 Å².